The Morgan fingerprint density at radius 2 is 1.64 bits per heavy atom. The number of alkyl halides is 3. The molecule has 4 N–H and O–H groups in total. The van der Waals surface area contributed by atoms with Crippen molar-refractivity contribution < 1.29 is 41.8 Å². The standard InChI is InChI=1S/C12H11ClF5N.C2H2O4/c13-9-8(14)2-1-7(10(9)15)11(19)5-3-6(4-5)12(16,17)18;3-1(4)2(5)6/h1-2,5-6,11H,3-4,19H2;(H,3,4)(H,5,6)/t5?,6?,11-;/m0./s1. The van der Waals surface area contributed by atoms with Crippen molar-refractivity contribution in [2.24, 2.45) is 17.6 Å². The summed E-state index contributed by atoms with van der Waals surface area (Å²) < 4.78 is 63.7. The van der Waals surface area contributed by atoms with E-state index in [-0.39, 0.29) is 18.4 Å². The molecule has 1 fully saturated rings. The monoisotopic (exact) mass is 389 g/mol. The van der Waals surface area contributed by atoms with E-state index in [1.165, 1.54) is 0 Å². The van der Waals surface area contributed by atoms with Gasteiger partial charge >= 0.3 is 18.1 Å². The molecule has 1 aliphatic rings. The Bertz CT molecular complexity index is 649. The fourth-order valence-corrected chi connectivity index (χ4v) is 2.45. The minimum absolute atomic E-state index is 0.0444. The Morgan fingerprint density at radius 1 is 1.16 bits per heavy atom. The summed E-state index contributed by atoms with van der Waals surface area (Å²) in [5, 5.41) is 14.1. The van der Waals surface area contributed by atoms with Crippen LogP contribution in [0.4, 0.5) is 22.0 Å². The van der Waals surface area contributed by atoms with Crippen LogP contribution in [-0.2, 0) is 9.59 Å². The number of nitrogens with two attached hydrogens (primary N) is 1. The highest BCUT2D eigenvalue weighted by atomic mass is 35.5. The minimum atomic E-state index is -4.24. The Labute approximate surface area is 143 Å². The van der Waals surface area contributed by atoms with Crippen LogP contribution in [0.3, 0.4) is 0 Å². The molecule has 11 heteroatoms. The lowest BCUT2D eigenvalue weighted by atomic mass is 9.69. The molecule has 1 atom stereocenters. The maximum Gasteiger partial charge on any atom is 0.414 e. The van der Waals surface area contributed by atoms with Crippen LogP contribution in [0.25, 0.3) is 0 Å². The third-order valence-corrected chi connectivity index (χ3v) is 4.10. The van der Waals surface area contributed by atoms with Crippen LogP contribution >= 0.6 is 11.6 Å². The zero-order chi connectivity index (χ0) is 19.5. The molecule has 0 heterocycles. The van der Waals surface area contributed by atoms with Crippen LogP contribution in [0.2, 0.25) is 5.02 Å². The SMILES string of the molecule is N[C@H](c1ccc(F)c(Cl)c1F)C1CC(C(F)(F)F)C1.O=C(O)C(=O)O. The predicted octanol–water partition coefficient (Wildman–Crippen LogP) is 3.36. The summed E-state index contributed by atoms with van der Waals surface area (Å²) in [5.41, 5.74) is 5.69. The molecule has 0 spiro atoms. The molecule has 1 aromatic carbocycles. The number of rotatable bonds is 2. The van der Waals surface area contributed by atoms with Crippen molar-refractivity contribution in [3.8, 4) is 0 Å². The maximum atomic E-state index is 13.7. The summed E-state index contributed by atoms with van der Waals surface area (Å²) in [6.07, 6.45) is -4.52. The van der Waals surface area contributed by atoms with Gasteiger partial charge in [0.05, 0.1) is 5.92 Å². The third kappa shape index (κ3) is 5.27. The average Bonchev–Trinajstić information content (AvgIpc) is 2.42. The summed E-state index contributed by atoms with van der Waals surface area (Å²) in [6, 6.07) is 1.18. The van der Waals surface area contributed by atoms with E-state index in [1.807, 2.05) is 0 Å². The Kier molecular flexibility index (Phi) is 6.72. The van der Waals surface area contributed by atoms with Gasteiger partial charge in [-0.05, 0) is 24.8 Å². The number of aliphatic carboxylic acids is 2. The summed E-state index contributed by atoms with van der Waals surface area (Å²) in [4.78, 5) is 18.2. The van der Waals surface area contributed by atoms with Crippen molar-refractivity contribution in [3.05, 3.63) is 34.4 Å². The van der Waals surface area contributed by atoms with Crippen LogP contribution in [0, 0.1) is 23.5 Å². The summed E-state index contributed by atoms with van der Waals surface area (Å²) >= 11 is 5.41. The van der Waals surface area contributed by atoms with Crippen LogP contribution in [0.5, 0.6) is 0 Å². The van der Waals surface area contributed by atoms with Gasteiger partial charge in [0.25, 0.3) is 0 Å². The lowest BCUT2D eigenvalue weighted by Crippen LogP contribution is -2.40. The minimum Gasteiger partial charge on any atom is -0.473 e. The zero-order valence-corrected chi connectivity index (χ0v) is 13.1. The second-order valence-electron chi connectivity index (χ2n) is 5.37. The number of halogens is 6. The highest BCUT2D eigenvalue weighted by molar-refractivity contribution is 6.31. The molecule has 0 radical (unpaired) electrons. The van der Waals surface area contributed by atoms with Crippen LogP contribution in [0.1, 0.15) is 24.4 Å². The average molecular weight is 390 g/mol. The molecule has 5 nitrogen and oxygen atoms in total. The van der Waals surface area contributed by atoms with E-state index in [9.17, 15) is 22.0 Å². The van der Waals surface area contributed by atoms with E-state index < -0.39 is 52.6 Å². The van der Waals surface area contributed by atoms with Gasteiger partial charge in [-0.1, -0.05) is 17.7 Å². The van der Waals surface area contributed by atoms with Crippen molar-refractivity contribution in [1.29, 1.82) is 0 Å². The second-order valence-corrected chi connectivity index (χ2v) is 5.75. The lowest BCUT2D eigenvalue weighted by molar-refractivity contribution is -0.206. The lowest BCUT2D eigenvalue weighted by Gasteiger charge is -2.40. The van der Waals surface area contributed by atoms with Gasteiger partial charge in [0, 0.05) is 11.6 Å². The topological polar surface area (TPSA) is 101 Å². The second kappa shape index (κ2) is 7.96. The van der Waals surface area contributed by atoms with E-state index in [4.69, 9.17) is 37.1 Å². The van der Waals surface area contributed by atoms with Crippen molar-refractivity contribution in [3.63, 3.8) is 0 Å². The molecule has 0 bridgehead atoms. The molecular weight excluding hydrogens is 377 g/mol. The molecule has 1 saturated carbocycles. The Balaban J connectivity index is 0.000000450. The van der Waals surface area contributed by atoms with Crippen molar-refractivity contribution in [2.45, 2.75) is 25.1 Å². The molecule has 2 rings (SSSR count). The highest BCUT2D eigenvalue weighted by Crippen LogP contribution is 2.49. The van der Waals surface area contributed by atoms with Crippen LogP contribution < -0.4 is 5.73 Å². The molecular formula is C14H13ClF5NO4. The van der Waals surface area contributed by atoms with Gasteiger partial charge in [0.15, 0.2) is 0 Å². The largest absolute Gasteiger partial charge is 0.473 e. The molecule has 0 aromatic heterocycles. The normalized spacial score (nSPS) is 20.8. The fraction of sp³-hybridized carbons (Fsp3) is 0.429. The van der Waals surface area contributed by atoms with Gasteiger partial charge in [0.1, 0.15) is 16.7 Å². The zero-order valence-electron chi connectivity index (χ0n) is 12.4. The number of hydrogen-bond acceptors (Lipinski definition) is 3. The number of carboxylic acid groups (broad SMARTS) is 2. The molecule has 0 unspecified atom stereocenters. The number of carboxylic acids is 2. The van der Waals surface area contributed by atoms with E-state index in [0.29, 0.717) is 0 Å². The number of carbonyl (C=O) groups is 2. The molecule has 140 valence electrons. The molecule has 0 amide bonds. The first-order valence-electron chi connectivity index (χ1n) is 6.78. The van der Waals surface area contributed by atoms with E-state index in [1.54, 1.807) is 0 Å². The van der Waals surface area contributed by atoms with Crippen LogP contribution in [-0.4, -0.2) is 28.3 Å². The smallest absolute Gasteiger partial charge is 0.414 e. The van der Waals surface area contributed by atoms with Crippen molar-refractivity contribution >= 4 is 23.5 Å². The van der Waals surface area contributed by atoms with E-state index in [0.717, 1.165) is 12.1 Å². The van der Waals surface area contributed by atoms with Gasteiger partial charge in [-0.25, -0.2) is 18.4 Å². The van der Waals surface area contributed by atoms with Gasteiger partial charge in [0.2, 0.25) is 0 Å². The molecule has 0 saturated heterocycles. The van der Waals surface area contributed by atoms with Crippen molar-refractivity contribution in [1.82, 2.24) is 0 Å². The van der Waals surface area contributed by atoms with Gasteiger partial charge in [-0.3, -0.25) is 0 Å². The molecule has 1 aromatic rings. The maximum absolute atomic E-state index is 13.7. The molecule has 25 heavy (non-hydrogen) atoms. The van der Waals surface area contributed by atoms with E-state index >= 15 is 0 Å². The first-order valence-corrected chi connectivity index (χ1v) is 7.16. The van der Waals surface area contributed by atoms with Crippen LogP contribution in [0.15, 0.2) is 12.1 Å². The van der Waals surface area contributed by atoms with Gasteiger partial charge in [-0.2, -0.15) is 13.2 Å². The summed E-state index contributed by atoms with van der Waals surface area (Å²) in [7, 11) is 0. The van der Waals surface area contributed by atoms with Gasteiger partial charge < -0.3 is 15.9 Å². The number of benzene rings is 1. The van der Waals surface area contributed by atoms with Crippen molar-refractivity contribution in [2.75, 3.05) is 0 Å². The molecule has 1 aliphatic carbocycles. The number of hydrogen-bond donors (Lipinski definition) is 3. The summed E-state index contributed by atoms with van der Waals surface area (Å²) in [6.45, 7) is 0. The first-order chi connectivity index (χ1) is 11.4. The Hall–Kier alpha value is -1.94. The summed E-state index contributed by atoms with van der Waals surface area (Å²) in [5.74, 6) is -7.42. The van der Waals surface area contributed by atoms with E-state index in [2.05, 4.69) is 0 Å². The Morgan fingerprint density at radius 3 is 2.04 bits per heavy atom. The molecule has 0 aliphatic heterocycles. The highest BCUT2D eigenvalue weighted by Gasteiger charge is 2.49. The fourth-order valence-electron chi connectivity index (χ4n) is 2.27. The van der Waals surface area contributed by atoms with Gasteiger partial charge in [-0.15, -0.1) is 0 Å². The first kappa shape index (κ1) is 21.1. The third-order valence-electron chi connectivity index (χ3n) is 3.75. The quantitative estimate of drug-likeness (QED) is 0.409. The predicted molar refractivity (Wildman–Crippen MR) is 75.8 cm³/mol.